The van der Waals surface area contributed by atoms with E-state index in [1.54, 1.807) is 4.68 Å². The number of aryl methyl sites for hydroxylation is 1. The Morgan fingerprint density at radius 1 is 1.26 bits per heavy atom. The number of amides is 1. The summed E-state index contributed by atoms with van der Waals surface area (Å²) in [4.78, 5) is 12.3. The van der Waals surface area contributed by atoms with E-state index in [0.717, 1.165) is 53.2 Å². The van der Waals surface area contributed by atoms with E-state index >= 15 is 0 Å². The summed E-state index contributed by atoms with van der Waals surface area (Å²) in [5, 5.41) is 16.3. The number of carbonyl (C=O) groups is 1. The molecule has 2 aromatic heterocycles. The number of aromatic amines is 1. The molecule has 0 spiro atoms. The summed E-state index contributed by atoms with van der Waals surface area (Å²) in [6, 6.07) is 3.82. The highest BCUT2D eigenvalue weighted by atomic mass is 32.1. The van der Waals surface area contributed by atoms with E-state index in [-0.39, 0.29) is 5.91 Å². The minimum atomic E-state index is -0.131. The van der Waals surface area contributed by atoms with Gasteiger partial charge in [-0.1, -0.05) is 12.8 Å². The van der Waals surface area contributed by atoms with Gasteiger partial charge in [-0.25, -0.2) is 0 Å². The predicted molar refractivity (Wildman–Crippen MR) is 95.0 cm³/mol. The summed E-state index contributed by atoms with van der Waals surface area (Å²) in [5.41, 5.74) is 2.19. The van der Waals surface area contributed by atoms with E-state index in [1.807, 2.05) is 25.4 Å². The number of rotatable bonds is 7. The molecule has 3 aromatic rings. The average Bonchev–Trinajstić information content (AvgIpc) is 3.12. The maximum absolute atomic E-state index is 12.3. The molecular weight excluding hydrogens is 310 g/mol. The van der Waals surface area contributed by atoms with Gasteiger partial charge < -0.3 is 5.32 Å². The fourth-order valence-corrected chi connectivity index (χ4v) is 2.97. The number of thiol groups is 1. The molecule has 23 heavy (non-hydrogen) atoms. The third-order valence-corrected chi connectivity index (χ3v) is 4.24. The highest BCUT2D eigenvalue weighted by Gasteiger charge is 2.16. The number of hydrogen-bond donors (Lipinski definition) is 3. The molecule has 0 unspecified atom stereocenters. The number of hydrogen-bond acceptors (Lipinski definition) is 4. The van der Waals surface area contributed by atoms with Crippen molar-refractivity contribution in [3.63, 3.8) is 0 Å². The normalized spacial score (nSPS) is 11.4. The quantitative estimate of drug-likeness (QED) is 0.460. The third kappa shape index (κ3) is 3.34. The fraction of sp³-hybridized carbons (Fsp3) is 0.438. The van der Waals surface area contributed by atoms with Gasteiger partial charge in [0.05, 0.1) is 11.0 Å². The van der Waals surface area contributed by atoms with Crippen molar-refractivity contribution in [2.75, 3.05) is 12.3 Å². The lowest BCUT2D eigenvalue weighted by atomic mass is 10.1. The van der Waals surface area contributed by atoms with Crippen LogP contribution in [0.1, 0.15) is 36.2 Å². The van der Waals surface area contributed by atoms with Crippen LogP contribution in [0.5, 0.6) is 0 Å². The first-order valence-corrected chi connectivity index (χ1v) is 8.53. The highest BCUT2D eigenvalue weighted by Crippen LogP contribution is 2.24. The van der Waals surface area contributed by atoms with Crippen LogP contribution in [0.25, 0.3) is 21.8 Å². The van der Waals surface area contributed by atoms with Crippen molar-refractivity contribution in [1.29, 1.82) is 0 Å². The number of fused-ring (bicyclic) bond motifs is 3. The lowest BCUT2D eigenvalue weighted by molar-refractivity contribution is 0.0949. The van der Waals surface area contributed by atoms with Gasteiger partial charge in [0.15, 0.2) is 5.69 Å². The Morgan fingerprint density at radius 2 is 2.09 bits per heavy atom. The Labute approximate surface area is 140 Å². The zero-order chi connectivity index (χ0) is 16.2. The molecule has 3 rings (SSSR count). The number of H-pyrrole nitrogens is 1. The Kier molecular flexibility index (Phi) is 4.85. The SMILES string of the molecule is Cn1cc2c(ccc3c(C(=O)NCCCCCCS)n[nH]c32)n1. The van der Waals surface area contributed by atoms with Crippen LogP contribution in [0, 0.1) is 0 Å². The second kappa shape index (κ2) is 7.04. The molecule has 122 valence electrons. The molecule has 2 N–H and O–H groups in total. The zero-order valence-electron chi connectivity index (χ0n) is 13.2. The molecule has 0 bridgehead atoms. The van der Waals surface area contributed by atoms with Crippen LogP contribution in [-0.2, 0) is 7.05 Å². The molecule has 1 aromatic carbocycles. The van der Waals surface area contributed by atoms with Crippen molar-refractivity contribution in [3.05, 3.63) is 24.0 Å². The van der Waals surface area contributed by atoms with Crippen molar-refractivity contribution in [2.24, 2.45) is 7.05 Å². The van der Waals surface area contributed by atoms with Gasteiger partial charge in [0, 0.05) is 30.6 Å². The summed E-state index contributed by atoms with van der Waals surface area (Å²) < 4.78 is 1.76. The number of aromatic nitrogens is 4. The van der Waals surface area contributed by atoms with E-state index in [9.17, 15) is 4.79 Å². The second-order valence-corrected chi connectivity index (χ2v) is 6.14. The fourth-order valence-electron chi connectivity index (χ4n) is 2.75. The number of unbranched alkanes of at least 4 members (excludes halogenated alkanes) is 3. The second-order valence-electron chi connectivity index (χ2n) is 5.69. The summed E-state index contributed by atoms with van der Waals surface area (Å²) in [7, 11) is 1.88. The zero-order valence-corrected chi connectivity index (χ0v) is 14.1. The number of nitrogens with zero attached hydrogens (tertiary/aromatic N) is 3. The lowest BCUT2D eigenvalue weighted by Crippen LogP contribution is -2.25. The number of carbonyl (C=O) groups excluding carboxylic acids is 1. The van der Waals surface area contributed by atoms with E-state index in [4.69, 9.17) is 0 Å². The number of benzene rings is 1. The highest BCUT2D eigenvalue weighted by molar-refractivity contribution is 7.80. The van der Waals surface area contributed by atoms with E-state index in [1.165, 1.54) is 0 Å². The van der Waals surface area contributed by atoms with E-state index < -0.39 is 0 Å². The van der Waals surface area contributed by atoms with E-state index in [2.05, 4.69) is 33.2 Å². The Morgan fingerprint density at radius 3 is 2.91 bits per heavy atom. The van der Waals surface area contributed by atoms with Crippen LogP contribution in [0.15, 0.2) is 18.3 Å². The first kappa shape index (κ1) is 15.9. The molecule has 0 fully saturated rings. The first-order valence-electron chi connectivity index (χ1n) is 7.90. The molecule has 7 heteroatoms. The molecule has 0 aliphatic carbocycles. The van der Waals surface area contributed by atoms with Crippen LogP contribution in [0.2, 0.25) is 0 Å². The van der Waals surface area contributed by atoms with Crippen LogP contribution in [-0.4, -0.2) is 38.2 Å². The topological polar surface area (TPSA) is 75.6 Å². The summed E-state index contributed by atoms with van der Waals surface area (Å²) in [5.74, 6) is 0.794. The summed E-state index contributed by atoms with van der Waals surface area (Å²) in [6.45, 7) is 0.675. The van der Waals surface area contributed by atoms with Crippen LogP contribution < -0.4 is 5.32 Å². The smallest absolute Gasteiger partial charge is 0.272 e. The first-order chi connectivity index (χ1) is 11.2. The van der Waals surface area contributed by atoms with Gasteiger partial charge in [-0.2, -0.15) is 22.8 Å². The Bertz CT molecular complexity index is 822. The lowest BCUT2D eigenvalue weighted by Gasteiger charge is -2.03. The van der Waals surface area contributed by atoms with Gasteiger partial charge in [0.1, 0.15) is 0 Å². The molecule has 0 atom stereocenters. The van der Waals surface area contributed by atoms with Crippen molar-refractivity contribution in [3.8, 4) is 0 Å². The summed E-state index contributed by atoms with van der Waals surface area (Å²) in [6.07, 6.45) is 6.30. The molecular formula is C16H21N5OS. The third-order valence-electron chi connectivity index (χ3n) is 3.92. The summed E-state index contributed by atoms with van der Waals surface area (Å²) >= 11 is 4.19. The van der Waals surface area contributed by atoms with Crippen molar-refractivity contribution < 1.29 is 4.79 Å². The van der Waals surface area contributed by atoms with Crippen LogP contribution in [0.3, 0.4) is 0 Å². The van der Waals surface area contributed by atoms with Gasteiger partial charge in [-0.3, -0.25) is 14.6 Å². The molecule has 0 saturated carbocycles. The molecule has 0 radical (unpaired) electrons. The maximum Gasteiger partial charge on any atom is 0.272 e. The van der Waals surface area contributed by atoms with Crippen molar-refractivity contribution >= 4 is 40.3 Å². The minimum Gasteiger partial charge on any atom is -0.351 e. The van der Waals surface area contributed by atoms with Crippen molar-refractivity contribution in [1.82, 2.24) is 25.3 Å². The van der Waals surface area contributed by atoms with Crippen LogP contribution in [0.4, 0.5) is 0 Å². The Balaban J connectivity index is 1.70. The standard InChI is InChI=1S/C16H21N5OS/c1-21-10-12-13(20-21)7-6-11-14(12)18-19-15(11)16(22)17-8-4-2-3-5-9-23/h6-7,10,23H,2-5,8-9H2,1H3,(H,17,22)(H,18,19). The maximum atomic E-state index is 12.3. The Hall–Kier alpha value is -2.02. The van der Waals surface area contributed by atoms with Gasteiger partial charge in [-0.15, -0.1) is 0 Å². The predicted octanol–water partition coefficient (Wildman–Crippen LogP) is 2.67. The largest absolute Gasteiger partial charge is 0.351 e. The molecule has 0 aliphatic heterocycles. The molecule has 0 saturated heterocycles. The van der Waals surface area contributed by atoms with Crippen molar-refractivity contribution in [2.45, 2.75) is 25.7 Å². The van der Waals surface area contributed by atoms with Gasteiger partial charge >= 0.3 is 0 Å². The number of nitrogens with one attached hydrogen (secondary N) is 2. The van der Waals surface area contributed by atoms with Gasteiger partial charge in [0.25, 0.3) is 5.91 Å². The monoisotopic (exact) mass is 331 g/mol. The van der Waals surface area contributed by atoms with Gasteiger partial charge in [0.2, 0.25) is 0 Å². The molecule has 6 nitrogen and oxygen atoms in total. The minimum absolute atomic E-state index is 0.131. The van der Waals surface area contributed by atoms with Crippen LogP contribution >= 0.6 is 12.6 Å². The molecule has 1 amide bonds. The average molecular weight is 331 g/mol. The molecule has 0 aliphatic rings. The van der Waals surface area contributed by atoms with E-state index in [0.29, 0.717) is 12.2 Å². The molecule has 2 heterocycles. The van der Waals surface area contributed by atoms with Gasteiger partial charge in [-0.05, 0) is 30.7 Å².